The summed E-state index contributed by atoms with van der Waals surface area (Å²) in [5, 5.41) is 0.938. The number of nitrogens with zero attached hydrogens (tertiary/aromatic N) is 1. The van der Waals surface area contributed by atoms with Crippen molar-refractivity contribution in [2.24, 2.45) is 5.92 Å². The van der Waals surface area contributed by atoms with Gasteiger partial charge in [-0.3, -0.25) is 9.63 Å². The standard InChI is InChI=1S/C14H16F3NO3/c1-18(20-2)13(19)10-5-6-11(14(15,16)17)12(7-10)21-8-9-3-4-9/h5-7,9H,3-4,8H2,1-2H3. The quantitative estimate of drug-likeness (QED) is 0.785. The molecule has 1 saturated carbocycles. The average molecular weight is 303 g/mol. The van der Waals surface area contributed by atoms with Gasteiger partial charge in [0.2, 0.25) is 0 Å². The molecule has 4 nitrogen and oxygen atoms in total. The van der Waals surface area contributed by atoms with E-state index in [4.69, 9.17) is 9.57 Å². The molecule has 0 radical (unpaired) electrons. The van der Waals surface area contributed by atoms with Crippen LogP contribution < -0.4 is 4.74 Å². The van der Waals surface area contributed by atoms with E-state index in [-0.39, 0.29) is 17.9 Å². The van der Waals surface area contributed by atoms with Gasteiger partial charge in [0.25, 0.3) is 5.91 Å². The summed E-state index contributed by atoms with van der Waals surface area (Å²) in [6.07, 6.45) is -2.59. The summed E-state index contributed by atoms with van der Waals surface area (Å²) in [5.74, 6) is -0.542. The van der Waals surface area contributed by atoms with Gasteiger partial charge in [0.15, 0.2) is 0 Å². The molecular weight excluding hydrogens is 287 g/mol. The van der Waals surface area contributed by atoms with Gasteiger partial charge in [0.05, 0.1) is 19.3 Å². The summed E-state index contributed by atoms with van der Waals surface area (Å²) in [6, 6.07) is 3.09. The van der Waals surface area contributed by atoms with Crippen molar-refractivity contribution in [1.29, 1.82) is 0 Å². The van der Waals surface area contributed by atoms with Crippen molar-refractivity contribution < 1.29 is 27.5 Å². The van der Waals surface area contributed by atoms with Crippen LogP contribution in [0.3, 0.4) is 0 Å². The number of ether oxygens (including phenoxy) is 1. The van der Waals surface area contributed by atoms with Crippen LogP contribution in [-0.2, 0) is 11.0 Å². The second-order valence-corrected chi connectivity index (χ2v) is 4.95. The molecule has 0 N–H and O–H groups in total. The van der Waals surface area contributed by atoms with E-state index in [0.717, 1.165) is 36.1 Å². The minimum atomic E-state index is -4.52. The van der Waals surface area contributed by atoms with E-state index < -0.39 is 17.6 Å². The van der Waals surface area contributed by atoms with E-state index in [1.54, 1.807) is 0 Å². The molecule has 0 saturated heterocycles. The lowest BCUT2D eigenvalue weighted by Crippen LogP contribution is -2.25. The predicted octanol–water partition coefficient (Wildman–Crippen LogP) is 3.13. The molecule has 0 bridgehead atoms. The van der Waals surface area contributed by atoms with Gasteiger partial charge in [-0.1, -0.05) is 0 Å². The zero-order valence-electron chi connectivity index (χ0n) is 11.7. The Hall–Kier alpha value is -1.76. The summed E-state index contributed by atoms with van der Waals surface area (Å²) in [7, 11) is 2.68. The molecular formula is C14H16F3NO3. The number of hydrogen-bond donors (Lipinski definition) is 0. The molecule has 1 fully saturated rings. The van der Waals surface area contributed by atoms with E-state index in [1.165, 1.54) is 14.2 Å². The van der Waals surface area contributed by atoms with Crippen LogP contribution in [0.15, 0.2) is 18.2 Å². The minimum absolute atomic E-state index is 0.0816. The molecule has 116 valence electrons. The lowest BCUT2D eigenvalue weighted by molar-refractivity contribution is -0.139. The van der Waals surface area contributed by atoms with Crippen molar-refractivity contribution in [1.82, 2.24) is 5.06 Å². The van der Waals surface area contributed by atoms with Crippen molar-refractivity contribution in [3.8, 4) is 5.75 Å². The third-order valence-corrected chi connectivity index (χ3v) is 3.27. The monoisotopic (exact) mass is 303 g/mol. The Labute approximate surface area is 120 Å². The minimum Gasteiger partial charge on any atom is -0.493 e. The number of hydroxylamine groups is 2. The van der Waals surface area contributed by atoms with Crippen LogP contribution in [0.2, 0.25) is 0 Å². The fourth-order valence-corrected chi connectivity index (χ4v) is 1.77. The second-order valence-electron chi connectivity index (χ2n) is 4.95. The largest absolute Gasteiger partial charge is 0.493 e. The Kier molecular flexibility index (Phi) is 4.41. The maximum Gasteiger partial charge on any atom is 0.419 e. The molecule has 0 heterocycles. The summed E-state index contributed by atoms with van der Waals surface area (Å²) in [6.45, 7) is 0.237. The van der Waals surface area contributed by atoms with Gasteiger partial charge in [-0.25, -0.2) is 5.06 Å². The van der Waals surface area contributed by atoms with Crippen molar-refractivity contribution in [3.05, 3.63) is 29.3 Å². The number of alkyl halides is 3. The molecule has 1 amide bonds. The van der Waals surface area contributed by atoms with Gasteiger partial charge in [-0.2, -0.15) is 13.2 Å². The molecule has 1 aliphatic rings. The highest BCUT2D eigenvalue weighted by molar-refractivity contribution is 5.93. The molecule has 21 heavy (non-hydrogen) atoms. The molecule has 1 aliphatic carbocycles. The Bertz CT molecular complexity index is 527. The fourth-order valence-electron chi connectivity index (χ4n) is 1.77. The number of hydrogen-bond acceptors (Lipinski definition) is 3. The SMILES string of the molecule is CON(C)C(=O)c1ccc(C(F)(F)F)c(OCC2CC2)c1. The van der Waals surface area contributed by atoms with Crippen LogP contribution in [0.5, 0.6) is 5.75 Å². The van der Waals surface area contributed by atoms with Crippen LogP contribution in [0.25, 0.3) is 0 Å². The third-order valence-electron chi connectivity index (χ3n) is 3.27. The van der Waals surface area contributed by atoms with E-state index in [9.17, 15) is 18.0 Å². The number of amides is 1. The van der Waals surface area contributed by atoms with Gasteiger partial charge < -0.3 is 4.74 Å². The molecule has 0 atom stereocenters. The summed E-state index contributed by atoms with van der Waals surface area (Å²) in [4.78, 5) is 16.6. The Morgan fingerprint density at radius 1 is 1.38 bits per heavy atom. The Morgan fingerprint density at radius 2 is 2.05 bits per heavy atom. The Morgan fingerprint density at radius 3 is 2.57 bits per heavy atom. The molecule has 1 aromatic carbocycles. The van der Waals surface area contributed by atoms with Crippen molar-refractivity contribution >= 4 is 5.91 Å². The number of halogens is 3. The van der Waals surface area contributed by atoms with Gasteiger partial charge in [-0.15, -0.1) is 0 Å². The molecule has 7 heteroatoms. The lowest BCUT2D eigenvalue weighted by Gasteiger charge is -2.17. The third kappa shape index (κ3) is 3.87. The average Bonchev–Trinajstić information content (AvgIpc) is 3.26. The zero-order valence-corrected chi connectivity index (χ0v) is 11.7. The van der Waals surface area contributed by atoms with Crippen LogP contribution in [0, 0.1) is 5.92 Å². The number of rotatable bonds is 5. The summed E-state index contributed by atoms with van der Waals surface area (Å²) in [5.41, 5.74) is -0.794. The van der Waals surface area contributed by atoms with Gasteiger partial charge in [-0.05, 0) is 37.0 Å². The molecule has 1 aromatic rings. The van der Waals surface area contributed by atoms with E-state index in [1.807, 2.05) is 0 Å². The number of benzene rings is 1. The van der Waals surface area contributed by atoms with Gasteiger partial charge in [0, 0.05) is 12.6 Å². The summed E-state index contributed by atoms with van der Waals surface area (Å²) >= 11 is 0. The molecule has 0 aliphatic heterocycles. The van der Waals surface area contributed by atoms with Crippen LogP contribution >= 0.6 is 0 Å². The lowest BCUT2D eigenvalue weighted by atomic mass is 10.1. The highest BCUT2D eigenvalue weighted by Gasteiger charge is 2.35. The normalized spacial score (nSPS) is 14.9. The maximum atomic E-state index is 12.9. The first-order valence-corrected chi connectivity index (χ1v) is 6.49. The van der Waals surface area contributed by atoms with Crippen LogP contribution in [-0.4, -0.2) is 31.7 Å². The molecule has 0 aromatic heterocycles. The first kappa shape index (κ1) is 15.6. The maximum absolute atomic E-state index is 12.9. The molecule has 2 rings (SSSR count). The van der Waals surface area contributed by atoms with Crippen molar-refractivity contribution in [2.75, 3.05) is 20.8 Å². The van der Waals surface area contributed by atoms with Crippen molar-refractivity contribution in [3.63, 3.8) is 0 Å². The highest BCUT2D eigenvalue weighted by atomic mass is 19.4. The van der Waals surface area contributed by atoms with E-state index >= 15 is 0 Å². The highest BCUT2D eigenvalue weighted by Crippen LogP contribution is 2.38. The van der Waals surface area contributed by atoms with Gasteiger partial charge in [0.1, 0.15) is 5.75 Å². The van der Waals surface area contributed by atoms with Gasteiger partial charge >= 0.3 is 6.18 Å². The van der Waals surface area contributed by atoms with Crippen LogP contribution in [0.1, 0.15) is 28.8 Å². The summed E-state index contributed by atoms with van der Waals surface area (Å²) < 4.78 is 44.1. The number of carbonyl (C=O) groups excluding carboxylic acids is 1. The van der Waals surface area contributed by atoms with E-state index in [0.29, 0.717) is 5.92 Å². The fraction of sp³-hybridized carbons (Fsp3) is 0.500. The number of carbonyl (C=O) groups is 1. The molecule has 0 unspecified atom stereocenters. The Balaban J connectivity index is 2.28. The van der Waals surface area contributed by atoms with Crippen molar-refractivity contribution in [2.45, 2.75) is 19.0 Å². The van der Waals surface area contributed by atoms with E-state index in [2.05, 4.69) is 0 Å². The van der Waals surface area contributed by atoms with Crippen LogP contribution in [0.4, 0.5) is 13.2 Å². The predicted molar refractivity (Wildman–Crippen MR) is 68.8 cm³/mol. The topological polar surface area (TPSA) is 38.8 Å². The first-order chi connectivity index (χ1) is 9.82. The first-order valence-electron chi connectivity index (χ1n) is 6.49. The molecule has 0 spiro atoms. The second kappa shape index (κ2) is 5.93. The smallest absolute Gasteiger partial charge is 0.419 e. The zero-order chi connectivity index (χ0) is 15.6.